The molecule has 0 saturated carbocycles. The summed E-state index contributed by atoms with van der Waals surface area (Å²) in [5.41, 5.74) is 1.05. The summed E-state index contributed by atoms with van der Waals surface area (Å²) in [5.74, 6) is 0.437. The zero-order chi connectivity index (χ0) is 13.9. The van der Waals surface area contributed by atoms with E-state index in [1.54, 1.807) is 11.8 Å². The quantitative estimate of drug-likeness (QED) is 0.782. The lowest BCUT2D eigenvalue weighted by atomic mass is 10.0. The molecule has 19 heavy (non-hydrogen) atoms. The molecule has 1 aromatic rings. The second kappa shape index (κ2) is 5.94. The molecule has 0 aromatic heterocycles. The van der Waals surface area contributed by atoms with Crippen molar-refractivity contribution in [3.8, 4) is 0 Å². The van der Waals surface area contributed by atoms with Gasteiger partial charge in [-0.15, -0.1) is 11.8 Å². The van der Waals surface area contributed by atoms with E-state index < -0.39 is 10.0 Å². The van der Waals surface area contributed by atoms with Gasteiger partial charge in [0.1, 0.15) is 0 Å². The Morgan fingerprint density at radius 1 is 1.42 bits per heavy atom. The van der Waals surface area contributed by atoms with Crippen molar-refractivity contribution >= 4 is 27.7 Å². The summed E-state index contributed by atoms with van der Waals surface area (Å²) in [6.45, 7) is 0.332. The molecule has 0 aliphatic carbocycles. The van der Waals surface area contributed by atoms with Crippen LogP contribution in [-0.4, -0.2) is 32.4 Å². The number of nitrogens with one attached hydrogen (secondary N) is 1. The molecule has 1 amide bonds. The first kappa shape index (κ1) is 14.4. The van der Waals surface area contributed by atoms with Gasteiger partial charge in [0, 0.05) is 17.2 Å². The molecule has 1 atom stereocenters. The number of benzene rings is 1. The van der Waals surface area contributed by atoms with E-state index in [9.17, 15) is 13.2 Å². The van der Waals surface area contributed by atoms with Crippen LogP contribution in [0.25, 0.3) is 0 Å². The van der Waals surface area contributed by atoms with E-state index in [1.165, 1.54) is 0 Å². The van der Waals surface area contributed by atoms with Gasteiger partial charge in [0.05, 0.1) is 11.7 Å². The number of thioether (sulfide) groups is 1. The van der Waals surface area contributed by atoms with Gasteiger partial charge in [0.15, 0.2) is 0 Å². The number of nitrogens with two attached hydrogens (primary N) is 1. The lowest BCUT2D eigenvalue weighted by Gasteiger charge is -2.11. The molecule has 0 saturated heterocycles. The number of amides is 1. The number of sulfonamides is 1. The van der Waals surface area contributed by atoms with Crippen LogP contribution in [0, 0.1) is 0 Å². The van der Waals surface area contributed by atoms with Crippen LogP contribution >= 0.6 is 11.8 Å². The minimum absolute atomic E-state index is 0.0492. The van der Waals surface area contributed by atoms with Crippen LogP contribution in [0.1, 0.15) is 17.9 Å². The zero-order valence-corrected chi connectivity index (χ0v) is 12.0. The summed E-state index contributed by atoms with van der Waals surface area (Å²) >= 11 is 1.67. The van der Waals surface area contributed by atoms with Crippen LogP contribution in [0.2, 0.25) is 0 Å². The number of carbonyl (C=O) groups is 1. The Labute approximate surface area is 117 Å². The van der Waals surface area contributed by atoms with E-state index in [-0.39, 0.29) is 17.6 Å². The first-order valence-corrected chi connectivity index (χ1v) is 8.67. The highest BCUT2D eigenvalue weighted by atomic mass is 32.2. The Morgan fingerprint density at radius 3 is 2.89 bits per heavy atom. The summed E-state index contributed by atoms with van der Waals surface area (Å²) in [5, 5.41) is 7.66. The van der Waals surface area contributed by atoms with Crippen molar-refractivity contribution < 1.29 is 13.2 Å². The third-order valence-corrected chi connectivity index (χ3v) is 4.96. The van der Waals surface area contributed by atoms with E-state index >= 15 is 0 Å². The van der Waals surface area contributed by atoms with E-state index in [2.05, 4.69) is 5.32 Å². The van der Waals surface area contributed by atoms with Crippen molar-refractivity contribution in [3.05, 3.63) is 29.8 Å². The second-order valence-electron chi connectivity index (χ2n) is 4.41. The van der Waals surface area contributed by atoms with Gasteiger partial charge in [0.2, 0.25) is 15.9 Å². The van der Waals surface area contributed by atoms with Crippen molar-refractivity contribution in [1.29, 1.82) is 0 Å². The smallest absolute Gasteiger partial charge is 0.228 e. The number of carbonyl (C=O) groups excluding carboxylic acids is 1. The van der Waals surface area contributed by atoms with Crippen molar-refractivity contribution in [2.24, 2.45) is 5.14 Å². The maximum atomic E-state index is 12.0. The third-order valence-electron chi connectivity index (χ3n) is 2.92. The second-order valence-corrected chi connectivity index (χ2v) is 7.21. The highest BCUT2D eigenvalue weighted by molar-refractivity contribution is 7.99. The molecule has 0 fully saturated rings. The monoisotopic (exact) mass is 300 g/mol. The lowest BCUT2D eigenvalue weighted by Crippen LogP contribution is -2.31. The maximum absolute atomic E-state index is 12.0. The highest BCUT2D eigenvalue weighted by Crippen LogP contribution is 2.39. The van der Waals surface area contributed by atoms with Crippen LogP contribution in [-0.2, 0) is 14.8 Å². The first-order chi connectivity index (χ1) is 8.97. The third kappa shape index (κ3) is 3.95. The summed E-state index contributed by atoms with van der Waals surface area (Å²) in [6, 6.07) is 7.85. The van der Waals surface area contributed by atoms with Crippen LogP contribution in [0.4, 0.5) is 0 Å². The fourth-order valence-corrected chi connectivity index (χ4v) is 3.76. The van der Waals surface area contributed by atoms with Crippen molar-refractivity contribution in [1.82, 2.24) is 5.32 Å². The predicted molar refractivity (Wildman–Crippen MR) is 75.5 cm³/mol. The molecular formula is C12H16N2O3S2. The van der Waals surface area contributed by atoms with Crippen LogP contribution in [0.15, 0.2) is 29.2 Å². The molecule has 1 aliphatic heterocycles. The number of primary sulfonamides is 1. The summed E-state index contributed by atoms with van der Waals surface area (Å²) in [6.07, 6.45) is 0.339. The van der Waals surface area contributed by atoms with Gasteiger partial charge in [-0.2, -0.15) is 0 Å². The average molecular weight is 300 g/mol. The van der Waals surface area contributed by atoms with Gasteiger partial charge < -0.3 is 5.32 Å². The van der Waals surface area contributed by atoms with Crippen LogP contribution < -0.4 is 10.5 Å². The van der Waals surface area contributed by atoms with Crippen molar-refractivity contribution in [3.63, 3.8) is 0 Å². The lowest BCUT2D eigenvalue weighted by molar-refractivity contribution is -0.122. The molecule has 104 valence electrons. The fourth-order valence-electron chi connectivity index (χ4n) is 1.99. The Hall–Kier alpha value is -1.05. The fraction of sp³-hybridized carbons (Fsp3) is 0.417. The number of hydrogen-bond acceptors (Lipinski definition) is 4. The zero-order valence-electron chi connectivity index (χ0n) is 10.3. The van der Waals surface area contributed by atoms with Crippen LogP contribution in [0.3, 0.4) is 0 Å². The number of hydrogen-bond donors (Lipinski definition) is 2. The standard InChI is InChI=1S/C12H16N2O3S2/c13-19(16,17)7-3-6-14-12(15)10-8-18-11-5-2-1-4-9(10)11/h1-2,4-5,10H,3,6-8H2,(H,14,15)(H2,13,16,17). The molecule has 0 radical (unpaired) electrons. The SMILES string of the molecule is NS(=O)(=O)CCCNC(=O)C1CSc2ccccc21. The van der Waals surface area contributed by atoms with E-state index in [0.29, 0.717) is 13.0 Å². The predicted octanol–water partition coefficient (Wildman–Crippen LogP) is 0.671. The van der Waals surface area contributed by atoms with Crippen molar-refractivity contribution in [2.45, 2.75) is 17.2 Å². The largest absolute Gasteiger partial charge is 0.356 e. The van der Waals surface area contributed by atoms with Gasteiger partial charge in [-0.05, 0) is 18.1 Å². The minimum Gasteiger partial charge on any atom is -0.356 e. The normalized spacial score (nSPS) is 18.1. The number of fused-ring (bicyclic) bond motifs is 1. The molecule has 7 heteroatoms. The van der Waals surface area contributed by atoms with Gasteiger partial charge in [0.25, 0.3) is 0 Å². The Morgan fingerprint density at radius 2 is 2.16 bits per heavy atom. The molecule has 1 aliphatic rings. The van der Waals surface area contributed by atoms with Crippen LogP contribution in [0.5, 0.6) is 0 Å². The maximum Gasteiger partial charge on any atom is 0.228 e. The van der Waals surface area contributed by atoms with Gasteiger partial charge in [-0.25, -0.2) is 13.6 Å². The molecule has 1 unspecified atom stereocenters. The summed E-state index contributed by atoms with van der Waals surface area (Å²) in [7, 11) is -3.45. The number of rotatable bonds is 5. The van der Waals surface area contributed by atoms with E-state index in [1.807, 2.05) is 24.3 Å². The Kier molecular flexibility index (Phi) is 4.49. The Bertz CT molecular complexity index is 572. The molecule has 3 N–H and O–H groups in total. The van der Waals surface area contributed by atoms with E-state index in [0.717, 1.165) is 16.2 Å². The Balaban J connectivity index is 1.85. The van der Waals surface area contributed by atoms with Gasteiger partial charge in [-0.1, -0.05) is 18.2 Å². The topological polar surface area (TPSA) is 89.3 Å². The van der Waals surface area contributed by atoms with Crippen molar-refractivity contribution in [2.75, 3.05) is 18.1 Å². The molecule has 5 nitrogen and oxygen atoms in total. The first-order valence-electron chi connectivity index (χ1n) is 5.97. The summed E-state index contributed by atoms with van der Waals surface area (Å²) < 4.78 is 21.5. The van der Waals surface area contributed by atoms with E-state index in [4.69, 9.17) is 5.14 Å². The van der Waals surface area contributed by atoms with Gasteiger partial charge in [-0.3, -0.25) is 4.79 Å². The molecule has 0 bridgehead atoms. The minimum atomic E-state index is -3.45. The molecule has 2 rings (SSSR count). The molecule has 1 aromatic carbocycles. The molecule has 0 spiro atoms. The highest BCUT2D eigenvalue weighted by Gasteiger charge is 2.28. The molecule has 1 heterocycles. The van der Waals surface area contributed by atoms with Gasteiger partial charge >= 0.3 is 0 Å². The molecular weight excluding hydrogens is 284 g/mol. The summed E-state index contributed by atoms with van der Waals surface area (Å²) in [4.78, 5) is 13.2. The average Bonchev–Trinajstić information content (AvgIpc) is 2.77.